The molecule has 1 saturated carbocycles. The van der Waals surface area contributed by atoms with Gasteiger partial charge in [0.1, 0.15) is 0 Å². The molecule has 3 fully saturated rings. The highest BCUT2D eigenvalue weighted by atomic mass is 32.2. The van der Waals surface area contributed by atoms with E-state index in [1.807, 2.05) is 14.0 Å². The highest BCUT2D eigenvalue weighted by Gasteiger charge is 2.40. The van der Waals surface area contributed by atoms with Crippen molar-refractivity contribution >= 4 is 28.5 Å². The van der Waals surface area contributed by atoms with Gasteiger partial charge in [0.05, 0.1) is 13.2 Å². The van der Waals surface area contributed by atoms with Crippen LogP contribution in [0.4, 0.5) is 0 Å². The lowest BCUT2D eigenvalue weighted by molar-refractivity contribution is -0.0120. The fourth-order valence-electron chi connectivity index (χ4n) is 4.52. The molecule has 0 amide bonds. The summed E-state index contributed by atoms with van der Waals surface area (Å²) < 4.78 is 17.8. The van der Waals surface area contributed by atoms with Crippen molar-refractivity contribution in [2.45, 2.75) is 55.9 Å². The van der Waals surface area contributed by atoms with Crippen molar-refractivity contribution < 1.29 is 8.95 Å². The van der Waals surface area contributed by atoms with E-state index in [4.69, 9.17) is 4.74 Å². The predicted molar refractivity (Wildman–Crippen MR) is 116 cm³/mol. The van der Waals surface area contributed by atoms with E-state index in [1.165, 1.54) is 17.9 Å². The van der Waals surface area contributed by atoms with E-state index in [1.54, 1.807) is 0 Å². The number of nitrogens with one attached hydrogen (secondary N) is 2. The van der Waals surface area contributed by atoms with Gasteiger partial charge >= 0.3 is 0 Å². The van der Waals surface area contributed by atoms with Gasteiger partial charge in [0, 0.05) is 65.8 Å². The van der Waals surface area contributed by atoms with Crippen LogP contribution in [0.25, 0.3) is 0 Å². The number of morpholine rings is 1. The molecule has 1 aliphatic carbocycles. The zero-order valence-corrected chi connectivity index (χ0v) is 18.5. The average Bonchev–Trinajstić information content (AvgIpc) is 3.21. The number of thioether (sulfide) groups is 1. The molecule has 4 unspecified atom stereocenters. The Bertz CT molecular complexity index is 520. The van der Waals surface area contributed by atoms with Crippen molar-refractivity contribution in [2.75, 3.05) is 57.2 Å². The number of ether oxygens (including phenoxy) is 1. The second kappa shape index (κ2) is 10.5. The zero-order valence-electron chi connectivity index (χ0n) is 16.9. The molecule has 0 aromatic heterocycles. The molecule has 27 heavy (non-hydrogen) atoms. The molecule has 0 aromatic rings. The molecule has 2 saturated heterocycles. The van der Waals surface area contributed by atoms with Crippen molar-refractivity contribution in [3.8, 4) is 0 Å². The molecular formula is C19H36N4O2S2. The van der Waals surface area contributed by atoms with Crippen LogP contribution in [-0.2, 0) is 15.5 Å². The van der Waals surface area contributed by atoms with Crippen LogP contribution in [0.3, 0.4) is 0 Å². The summed E-state index contributed by atoms with van der Waals surface area (Å²) in [5.74, 6) is 4.08. The highest BCUT2D eigenvalue weighted by Crippen LogP contribution is 2.33. The van der Waals surface area contributed by atoms with E-state index in [0.717, 1.165) is 70.2 Å². The lowest BCUT2D eigenvalue weighted by atomic mass is 9.94. The number of aliphatic imine (C=N–C) groups is 1. The first-order valence-corrected chi connectivity index (χ1v) is 13.0. The SMILES string of the molecule is CCS(=O)C1CCCC(NC(=NC)NCC2(N3CCOCC3)CCSC2)C1. The summed E-state index contributed by atoms with van der Waals surface area (Å²) in [6, 6.07) is 0.378. The van der Waals surface area contributed by atoms with Crippen molar-refractivity contribution in [1.82, 2.24) is 15.5 Å². The van der Waals surface area contributed by atoms with Gasteiger partial charge in [-0.2, -0.15) is 11.8 Å². The number of guanidine groups is 1. The first kappa shape index (κ1) is 21.4. The number of hydrogen-bond acceptors (Lipinski definition) is 5. The maximum absolute atomic E-state index is 12.2. The van der Waals surface area contributed by atoms with Crippen LogP contribution in [0.1, 0.15) is 39.0 Å². The Labute approximate surface area is 171 Å². The smallest absolute Gasteiger partial charge is 0.191 e. The van der Waals surface area contributed by atoms with Crippen LogP contribution >= 0.6 is 11.8 Å². The second-order valence-corrected chi connectivity index (χ2v) is 11.0. The Morgan fingerprint density at radius 3 is 2.85 bits per heavy atom. The Morgan fingerprint density at radius 1 is 1.37 bits per heavy atom. The third-order valence-electron chi connectivity index (χ3n) is 6.20. The minimum atomic E-state index is -0.688. The monoisotopic (exact) mass is 416 g/mol. The maximum atomic E-state index is 12.2. The molecule has 8 heteroatoms. The van der Waals surface area contributed by atoms with E-state index < -0.39 is 10.8 Å². The summed E-state index contributed by atoms with van der Waals surface area (Å²) in [4.78, 5) is 7.10. The topological polar surface area (TPSA) is 66.0 Å². The lowest BCUT2D eigenvalue weighted by Crippen LogP contribution is -2.60. The van der Waals surface area contributed by atoms with Crippen molar-refractivity contribution in [2.24, 2.45) is 4.99 Å². The standard InChI is InChI=1S/C19H36N4O2S2/c1-3-27(24)17-6-4-5-16(13-17)22-18(20-2)21-14-19(7-12-26-15-19)23-8-10-25-11-9-23/h16-17H,3-15H2,1-2H3,(H2,20,21,22). The van der Waals surface area contributed by atoms with Crippen LogP contribution in [-0.4, -0.2) is 89.1 Å². The second-order valence-electron chi connectivity index (χ2n) is 7.85. The predicted octanol–water partition coefficient (Wildman–Crippen LogP) is 1.44. The van der Waals surface area contributed by atoms with Gasteiger partial charge in [0.15, 0.2) is 5.96 Å². The number of hydrogen-bond donors (Lipinski definition) is 2. The van der Waals surface area contributed by atoms with E-state index in [0.29, 0.717) is 11.3 Å². The normalized spacial score (nSPS) is 34.4. The first-order valence-electron chi connectivity index (χ1n) is 10.4. The molecule has 2 aliphatic heterocycles. The molecule has 3 rings (SSSR count). The quantitative estimate of drug-likeness (QED) is 0.505. The molecule has 0 radical (unpaired) electrons. The summed E-state index contributed by atoms with van der Waals surface area (Å²) in [6.07, 6.45) is 5.61. The largest absolute Gasteiger partial charge is 0.379 e. The summed E-state index contributed by atoms with van der Waals surface area (Å²) in [7, 11) is 1.16. The molecule has 0 aromatic carbocycles. The molecule has 4 atom stereocenters. The van der Waals surface area contributed by atoms with Gasteiger partial charge in [0.2, 0.25) is 0 Å². The molecule has 0 bridgehead atoms. The fraction of sp³-hybridized carbons (Fsp3) is 0.947. The third kappa shape index (κ3) is 5.61. The Morgan fingerprint density at radius 2 is 2.19 bits per heavy atom. The Kier molecular flexibility index (Phi) is 8.29. The minimum absolute atomic E-state index is 0.213. The van der Waals surface area contributed by atoms with Gasteiger partial charge in [0.25, 0.3) is 0 Å². The molecule has 6 nitrogen and oxygen atoms in total. The molecule has 0 spiro atoms. The van der Waals surface area contributed by atoms with Crippen molar-refractivity contribution in [3.05, 3.63) is 0 Å². The minimum Gasteiger partial charge on any atom is -0.379 e. The third-order valence-corrected chi connectivity index (χ3v) is 9.17. The summed E-state index contributed by atoms with van der Waals surface area (Å²) in [6.45, 7) is 6.70. The molecule has 2 heterocycles. The Balaban J connectivity index is 1.54. The maximum Gasteiger partial charge on any atom is 0.191 e. The van der Waals surface area contributed by atoms with Gasteiger partial charge in [-0.1, -0.05) is 13.3 Å². The van der Waals surface area contributed by atoms with E-state index >= 15 is 0 Å². The van der Waals surface area contributed by atoms with Crippen molar-refractivity contribution in [3.63, 3.8) is 0 Å². The van der Waals surface area contributed by atoms with E-state index in [2.05, 4.69) is 32.3 Å². The summed E-state index contributed by atoms with van der Waals surface area (Å²) >= 11 is 2.06. The van der Waals surface area contributed by atoms with Gasteiger partial charge in [-0.3, -0.25) is 14.1 Å². The average molecular weight is 417 g/mol. The first-order chi connectivity index (χ1) is 13.2. The molecular weight excluding hydrogens is 380 g/mol. The van der Waals surface area contributed by atoms with Gasteiger partial charge in [-0.05, 0) is 31.4 Å². The van der Waals surface area contributed by atoms with Crippen LogP contribution in [0.2, 0.25) is 0 Å². The number of nitrogens with zero attached hydrogens (tertiary/aromatic N) is 2. The van der Waals surface area contributed by atoms with Crippen LogP contribution in [0.15, 0.2) is 4.99 Å². The Hall–Kier alpha value is -0.310. The summed E-state index contributed by atoms with van der Waals surface area (Å²) in [5, 5.41) is 7.57. The van der Waals surface area contributed by atoms with Gasteiger partial charge < -0.3 is 15.4 Å². The molecule has 3 aliphatic rings. The molecule has 2 N–H and O–H groups in total. The van der Waals surface area contributed by atoms with Crippen LogP contribution in [0, 0.1) is 0 Å². The van der Waals surface area contributed by atoms with E-state index in [-0.39, 0.29) is 5.54 Å². The van der Waals surface area contributed by atoms with Gasteiger partial charge in [-0.25, -0.2) is 0 Å². The highest BCUT2D eigenvalue weighted by molar-refractivity contribution is 7.99. The zero-order chi connectivity index (χ0) is 19.1. The summed E-state index contributed by atoms with van der Waals surface area (Å²) in [5.41, 5.74) is 0.213. The fourth-order valence-corrected chi connectivity index (χ4v) is 7.35. The van der Waals surface area contributed by atoms with Gasteiger partial charge in [-0.15, -0.1) is 0 Å². The van der Waals surface area contributed by atoms with Crippen LogP contribution in [0.5, 0.6) is 0 Å². The van der Waals surface area contributed by atoms with Crippen LogP contribution < -0.4 is 10.6 Å². The lowest BCUT2D eigenvalue weighted by Gasteiger charge is -2.43. The van der Waals surface area contributed by atoms with E-state index in [9.17, 15) is 4.21 Å². The number of rotatable bonds is 6. The van der Waals surface area contributed by atoms with Crippen molar-refractivity contribution in [1.29, 1.82) is 0 Å². The molecule has 156 valence electrons.